The lowest BCUT2D eigenvalue weighted by Gasteiger charge is -2.28. The van der Waals surface area contributed by atoms with Crippen molar-refractivity contribution >= 4 is 22.1 Å². The highest BCUT2D eigenvalue weighted by Crippen LogP contribution is 2.50. The van der Waals surface area contributed by atoms with Gasteiger partial charge in [0.1, 0.15) is 29.5 Å². The molecule has 106 heavy (non-hydrogen) atoms. The van der Waals surface area contributed by atoms with E-state index in [-0.39, 0.29) is 54.8 Å². The van der Waals surface area contributed by atoms with Gasteiger partial charge in [-0.05, 0) is 178 Å². The number of hydrogen-bond acceptors (Lipinski definition) is 6. The van der Waals surface area contributed by atoms with Gasteiger partial charge in [0.15, 0.2) is 0 Å². The zero-order valence-corrected chi connectivity index (χ0v) is 67.2. The molecule has 3 heterocycles. The molecule has 0 spiro atoms. The van der Waals surface area contributed by atoms with Gasteiger partial charge in [-0.15, -0.1) is 0 Å². The van der Waals surface area contributed by atoms with Gasteiger partial charge in [0.05, 0.1) is 56.0 Å². The molecule has 0 atom stereocenters. The highest BCUT2D eigenvalue weighted by Gasteiger charge is 2.34. The third kappa shape index (κ3) is 14.3. The molecule has 0 radical (unpaired) electrons. The number of phenols is 2. The predicted octanol–water partition coefficient (Wildman–Crippen LogP) is 26.3. The van der Waals surface area contributed by atoms with Gasteiger partial charge in [-0.1, -0.05) is 287 Å². The largest absolute Gasteiger partial charge is 0.507 e. The first-order chi connectivity index (χ1) is 49.4. The standard InChI is InChI=1S/C98H108N6O2/c1-91(2,3)65-41-43-81(73(51-65)59-33-27-25-28-34-59)103-83-39-31-37-71(85(83)101-89(103)75-53-69(95(13,14)15)55-77(87(75)105)97(19,20)21)61-45-63(49-67(47-61)93(7,8)9)79-57-80(100-58-99-79)64-46-62(48-68(50-64)94(10,11)12)72-38-32-40-84-86(72)102-90(76-54-70(96(16,17)18)56-78(88(76)106)98(22,23)24)104(84)82-44-42-66(92(4,5)6)52-74(82)60-35-29-26-30-36-60/h25-58,105-106H,1-24H3. The minimum absolute atomic E-state index is 0.124. The molecule has 0 saturated carbocycles. The number of benzene rings is 10. The average molecular weight is 1400 g/mol. The summed E-state index contributed by atoms with van der Waals surface area (Å²) in [4.78, 5) is 22.0. The van der Waals surface area contributed by atoms with E-state index in [1.807, 2.05) is 0 Å². The molecule has 10 aromatic carbocycles. The molecule has 0 fully saturated rings. The fourth-order valence-electron chi connectivity index (χ4n) is 14.6. The van der Waals surface area contributed by atoms with E-state index in [0.717, 1.165) is 134 Å². The van der Waals surface area contributed by atoms with Crippen LogP contribution in [0.1, 0.15) is 211 Å². The van der Waals surface area contributed by atoms with Gasteiger partial charge in [0, 0.05) is 44.5 Å². The molecule has 13 rings (SSSR count). The Kier molecular flexibility index (Phi) is 18.5. The lowest BCUT2D eigenvalue weighted by atomic mass is 9.78. The summed E-state index contributed by atoms with van der Waals surface area (Å²) in [6, 6.07) is 72.7. The Morgan fingerprint density at radius 2 is 0.575 bits per heavy atom. The molecule has 8 heteroatoms. The molecule has 13 aromatic rings. The van der Waals surface area contributed by atoms with E-state index in [1.54, 1.807) is 6.33 Å². The van der Waals surface area contributed by atoms with Crippen LogP contribution in [0.2, 0.25) is 0 Å². The van der Waals surface area contributed by atoms with Gasteiger partial charge in [-0.25, -0.2) is 19.9 Å². The minimum atomic E-state index is -0.379. The van der Waals surface area contributed by atoms with Crippen LogP contribution in [0.5, 0.6) is 11.5 Å². The summed E-state index contributed by atoms with van der Waals surface area (Å²) in [5.74, 6) is 1.78. The van der Waals surface area contributed by atoms with Crippen molar-refractivity contribution in [3.63, 3.8) is 0 Å². The van der Waals surface area contributed by atoms with Crippen molar-refractivity contribution in [2.75, 3.05) is 0 Å². The zero-order chi connectivity index (χ0) is 76.5. The van der Waals surface area contributed by atoms with Gasteiger partial charge in [-0.2, -0.15) is 0 Å². The number of hydrogen-bond donors (Lipinski definition) is 2. The maximum absolute atomic E-state index is 12.9. The molecule has 0 unspecified atom stereocenters. The average Bonchev–Trinajstić information content (AvgIpc) is 1.56. The number of para-hydroxylation sites is 2. The molecular weight excluding hydrogens is 1290 g/mol. The fourth-order valence-corrected chi connectivity index (χ4v) is 14.6. The summed E-state index contributed by atoms with van der Waals surface area (Å²) < 4.78 is 4.59. The molecule has 8 nitrogen and oxygen atoms in total. The number of rotatable bonds is 10. The lowest BCUT2D eigenvalue weighted by molar-refractivity contribution is 0.445. The van der Waals surface area contributed by atoms with Crippen LogP contribution in [0.25, 0.3) is 123 Å². The Morgan fingerprint density at radius 3 is 0.906 bits per heavy atom. The molecular formula is C98H108N6O2. The second kappa shape index (κ2) is 26.4. The van der Waals surface area contributed by atoms with Crippen LogP contribution in [-0.2, 0) is 43.3 Å². The zero-order valence-electron chi connectivity index (χ0n) is 67.2. The number of nitrogens with zero attached hydrogens (tertiary/aromatic N) is 6. The third-order valence-electron chi connectivity index (χ3n) is 21.3. The normalized spacial score (nSPS) is 13.0. The molecule has 2 N–H and O–H groups in total. The van der Waals surface area contributed by atoms with Crippen LogP contribution in [0, 0.1) is 0 Å². The van der Waals surface area contributed by atoms with E-state index in [2.05, 4.69) is 375 Å². The highest BCUT2D eigenvalue weighted by atomic mass is 16.3. The lowest BCUT2D eigenvalue weighted by Crippen LogP contribution is -2.17. The van der Waals surface area contributed by atoms with E-state index in [1.165, 1.54) is 11.1 Å². The first-order valence-electron chi connectivity index (χ1n) is 37.8. The molecule has 0 aliphatic rings. The van der Waals surface area contributed by atoms with Gasteiger partial charge < -0.3 is 10.2 Å². The molecule has 0 aliphatic heterocycles. The number of aromatic hydroxyl groups is 2. The molecule has 0 bridgehead atoms. The number of aromatic nitrogens is 6. The first-order valence-corrected chi connectivity index (χ1v) is 37.8. The van der Waals surface area contributed by atoms with Crippen LogP contribution >= 0.6 is 0 Å². The van der Waals surface area contributed by atoms with Crippen LogP contribution in [0.3, 0.4) is 0 Å². The fraction of sp³-hybridized carbons (Fsp3) is 0.327. The van der Waals surface area contributed by atoms with Crippen LogP contribution in [0.4, 0.5) is 0 Å². The van der Waals surface area contributed by atoms with Gasteiger partial charge in [-0.3, -0.25) is 9.13 Å². The smallest absolute Gasteiger partial charge is 0.149 e. The summed E-state index contributed by atoms with van der Waals surface area (Å²) in [5.41, 5.74) is 25.2. The summed E-state index contributed by atoms with van der Waals surface area (Å²) in [5, 5.41) is 25.8. The second-order valence-corrected chi connectivity index (χ2v) is 37.8. The van der Waals surface area contributed by atoms with Crippen molar-refractivity contribution in [3.05, 3.63) is 251 Å². The Labute approximate surface area is 630 Å². The van der Waals surface area contributed by atoms with Crippen molar-refractivity contribution in [2.45, 2.75) is 209 Å². The third-order valence-corrected chi connectivity index (χ3v) is 21.3. The van der Waals surface area contributed by atoms with Crippen molar-refractivity contribution in [1.82, 2.24) is 29.1 Å². The molecule has 542 valence electrons. The summed E-state index contributed by atoms with van der Waals surface area (Å²) in [6.07, 6.45) is 1.71. The summed E-state index contributed by atoms with van der Waals surface area (Å²) in [7, 11) is 0. The van der Waals surface area contributed by atoms with E-state index in [9.17, 15) is 10.2 Å². The Hall–Kier alpha value is -10.2. The number of phenolic OH excluding ortho intramolecular Hbond substituents is 2. The van der Waals surface area contributed by atoms with E-state index < -0.39 is 0 Å². The van der Waals surface area contributed by atoms with Gasteiger partial charge >= 0.3 is 0 Å². The SMILES string of the molecule is CC(C)(C)c1cc(-c2cc(-c3cc(-c4cccc5c4nc(-c4cc(C(C)(C)C)cc(C(C)(C)C)c4O)n5-c4ccc(C(C)(C)C)cc4-c4ccccc4)cc(C(C)(C)C)c3)ncn2)cc(-c2cccc3c2nc(-c2cc(C(C)(C)C)cc(C(C)(C)C)c2O)n3-c2ccc(C(C)(C)C)cc2-c2ccccc2)c1. The second-order valence-electron chi connectivity index (χ2n) is 37.8. The van der Waals surface area contributed by atoms with Crippen LogP contribution in [-0.4, -0.2) is 39.3 Å². The summed E-state index contributed by atoms with van der Waals surface area (Å²) in [6.45, 7) is 53.7. The Morgan fingerprint density at radius 1 is 0.255 bits per heavy atom. The van der Waals surface area contributed by atoms with E-state index in [0.29, 0.717) is 22.8 Å². The number of fused-ring (bicyclic) bond motifs is 2. The minimum Gasteiger partial charge on any atom is -0.507 e. The Bertz CT molecular complexity index is 5210. The van der Waals surface area contributed by atoms with Gasteiger partial charge in [0.2, 0.25) is 0 Å². The first kappa shape index (κ1) is 74.1. The van der Waals surface area contributed by atoms with Crippen molar-refractivity contribution in [1.29, 1.82) is 0 Å². The quantitative estimate of drug-likeness (QED) is 0.141. The predicted molar refractivity (Wildman–Crippen MR) is 448 cm³/mol. The van der Waals surface area contributed by atoms with Crippen LogP contribution in [0.15, 0.2) is 207 Å². The molecule has 0 amide bonds. The maximum atomic E-state index is 12.9. The van der Waals surface area contributed by atoms with Crippen molar-refractivity contribution in [3.8, 4) is 113 Å². The molecule has 0 aliphatic carbocycles. The molecule has 0 saturated heterocycles. The number of imidazole rings is 2. The van der Waals surface area contributed by atoms with E-state index >= 15 is 0 Å². The maximum Gasteiger partial charge on any atom is 0.149 e. The van der Waals surface area contributed by atoms with Crippen LogP contribution < -0.4 is 0 Å². The van der Waals surface area contributed by atoms with Gasteiger partial charge in [0.25, 0.3) is 0 Å². The van der Waals surface area contributed by atoms with Crippen molar-refractivity contribution in [2.24, 2.45) is 0 Å². The van der Waals surface area contributed by atoms with E-state index in [4.69, 9.17) is 19.9 Å². The molecule has 3 aromatic heterocycles. The summed E-state index contributed by atoms with van der Waals surface area (Å²) >= 11 is 0. The monoisotopic (exact) mass is 1400 g/mol. The topological polar surface area (TPSA) is 102 Å². The van der Waals surface area contributed by atoms with Crippen molar-refractivity contribution < 1.29 is 10.2 Å². The highest BCUT2D eigenvalue weighted by molar-refractivity contribution is 6.00. The Balaban J connectivity index is 1.02.